The van der Waals surface area contributed by atoms with Gasteiger partial charge in [0.2, 0.25) is 5.91 Å². The second-order valence-corrected chi connectivity index (χ2v) is 6.20. The maximum Gasteiger partial charge on any atom is 0.254 e. The lowest BCUT2D eigenvalue weighted by molar-refractivity contribution is -0.116. The lowest BCUT2D eigenvalue weighted by atomic mass is 10.1. The minimum Gasteiger partial charge on any atom is -0.348 e. The summed E-state index contributed by atoms with van der Waals surface area (Å²) in [5, 5.41) is 2.72. The molecular weight excluding hydrogens is 276 g/mol. The standard InChI is InChI=1S/C18H24N2O2/c1-4-17(21)19-11-14-5-7-15(8-6-14)18(22)20(12-13(2)3)16-9-10-16/h4-8,13,16H,1,9-12H2,2-3H3,(H,19,21). The highest BCUT2D eigenvalue weighted by molar-refractivity contribution is 5.94. The Labute approximate surface area is 132 Å². The van der Waals surface area contributed by atoms with Crippen molar-refractivity contribution < 1.29 is 9.59 Å². The summed E-state index contributed by atoms with van der Waals surface area (Å²) in [6.07, 6.45) is 3.48. The first-order valence-electron chi connectivity index (χ1n) is 7.81. The molecule has 118 valence electrons. The monoisotopic (exact) mass is 300 g/mol. The SMILES string of the molecule is C=CC(=O)NCc1ccc(C(=O)N(CC(C)C)C2CC2)cc1. The fraction of sp³-hybridized carbons (Fsp3) is 0.444. The number of hydrogen-bond acceptors (Lipinski definition) is 2. The highest BCUT2D eigenvalue weighted by Crippen LogP contribution is 2.29. The molecule has 0 radical (unpaired) electrons. The van der Waals surface area contributed by atoms with Crippen LogP contribution in [-0.2, 0) is 11.3 Å². The number of amides is 2. The minimum absolute atomic E-state index is 0.109. The summed E-state index contributed by atoms with van der Waals surface area (Å²) in [6, 6.07) is 7.87. The van der Waals surface area contributed by atoms with E-state index in [2.05, 4.69) is 25.7 Å². The number of rotatable bonds is 7. The zero-order chi connectivity index (χ0) is 16.1. The highest BCUT2D eigenvalue weighted by Gasteiger charge is 2.33. The van der Waals surface area contributed by atoms with Crippen LogP contribution in [0.15, 0.2) is 36.9 Å². The van der Waals surface area contributed by atoms with Gasteiger partial charge in [-0.25, -0.2) is 0 Å². The molecule has 0 saturated heterocycles. The van der Waals surface area contributed by atoms with Crippen molar-refractivity contribution in [3.05, 3.63) is 48.0 Å². The molecular formula is C18H24N2O2. The van der Waals surface area contributed by atoms with E-state index in [0.29, 0.717) is 24.1 Å². The summed E-state index contributed by atoms with van der Waals surface area (Å²) in [5.74, 6) is 0.382. The minimum atomic E-state index is -0.197. The molecule has 0 spiro atoms. The molecule has 1 saturated carbocycles. The maximum absolute atomic E-state index is 12.6. The average Bonchev–Trinajstić information content (AvgIpc) is 3.34. The van der Waals surface area contributed by atoms with Gasteiger partial charge < -0.3 is 10.2 Å². The third kappa shape index (κ3) is 4.45. The van der Waals surface area contributed by atoms with Crippen molar-refractivity contribution in [1.82, 2.24) is 10.2 Å². The summed E-state index contributed by atoms with van der Waals surface area (Å²) in [5.41, 5.74) is 1.68. The zero-order valence-corrected chi connectivity index (χ0v) is 13.3. The van der Waals surface area contributed by atoms with E-state index in [4.69, 9.17) is 0 Å². The van der Waals surface area contributed by atoms with Crippen LogP contribution in [0.3, 0.4) is 0 Å². The van der Waals surface area contributed by atoms with E-state index in [1.54, 1.807) is 0 Å². The summed E-state index contributed by atoms with van der Waals surface area (Å²) in [6.45, 7) is 8.93. The van der Waals surface area contributed by atoms with Gasteiger partial charge in [-0.05, 0) is 42.5 Å². The van der Waals surface area contributed by atoms with Gasteiger partial charge in [0.1, 0.15) is 0 Å². The highest BCUT2D eigenvalue weighted by atomic mass is 16.2. The molecule has 0 heterocycles. The van der Waals surface area contributed by atoms with Crippen molar-refractivity contribution >= 4 is 11.8 Å². The third-order valence-corrected chi connectivity index (χ3v) is 3.66. The Morgan fingerprint density at radius 1 is 1.32 bits per heavy atom. The molecule has 0 unspecified atom stereocenters. The predicted molar refractivity (Wildman–Crippen MR) is 87.4 cm³/mol. The second-order valence-electron chi connectivity index (χ2n) is 6.20. The Morgan fingerprint density at radius 2 is 1.95 bits per heavy atom. The van der Waals surface area contributed by atoms with Crippen molar-refractivity contribution in [3.8, 4) is 0 Å². The molecule has 1 aliphatic carbocycles. The van der Waals surface area contributed by atoms with Gasteiger partial charge in [-0.3, -0.25) is 9.59 Å². The van der Waals surface area contributed by atoms with Gasteiger partial charge in [-0.1, -0.05) is 32.6 Å². The molecule has 1 aliphatic rings. The first kappa shape index (κ1) is 16.3. The molecule has 22 heavy (non-hydrogen) atoms. The fourth-order valence-electron chi connectivity index (χ4n) is 2.37. The Morgan fingerprint density at radius 3 is 2.45 bits per heavy atom. The van der Waals surface area contributed by atoms with Gasteiger partial charge in [-0.2, -0.15) is 0 Å². The lowest BCUT2D eigenvalue weighted by Gasteiger charge is -2.24. The molecule has 2 amide bonds. The van der Waals surface area contributed by atoms with Crippen molar-refractivity contribution in [1.29, 1.82) is 0 Å². The van der Waals surface area contributed by atoms with E-state index in [1.807, 2.05) is 29.2 Å². The smallest absolute Gasteiger partial charge is 0.254 e. The number of hydrogen-bond donors (Lipinski definition) is 1. The Kier molecular flexibility index (Phi) is 5.36. The van der Waals surface area contributed by atoms with Crippen LogP contribution in [0.2, 0.25) is 0 Å². The van der Waals surface area contributed by atoms with Crippen LogP contribution in [0.4, 0.5) is 0 Å². The van der Waals surface area contributed by atoms with Crippen LogP contribution < -0.4 is 5.32 Å². The Hall–Kier alpha value is -2.10. The van der Waals surface area contributed by atoms with Crippen LogP contribution in [-0.4, -0.2) is 29.3 Å². The Bertz CT molecular complexity index is 545. The first-order chi connectivity index (χ1) is 10.5. The quantitative estimate of drug-likeness (QED) is 0.787. The molecule has 0 aliphatic heterocycles. The van der Waals surface area contributed by atoms with Crippen LogP contribution in [0.25, 0.3) is 0 Å². The van der Waals surface area contributed by atoms with Crippen molar-refractivity contribution in [3.63, 3.8) is 0 Å². The number of nitrogens with one attached hydrogen (secondary N) is 1. The fourth-order valence-corrected chi connectivity index (χ4v) is 2.37. The first-order valence-corrected chi connectivity index (χ1v) is 7.81. The normalized spacial score (nSPS) is 13.8. The summed E-state index contributed by atoms with van der Waals surface area (Å²) in [4.78, 5) is 25.8. The van der Waals surface area contributed by atoms with Crippen molar-refractivity contribution in [2.75, 3.05) is 6.54 Å². The second kappa shape index (κ2) is 7.25. The van der Waals surface area contributed by atoms with E-state index < -0.39 is 0 Å². The van der Waals surface area contributed by atoms with E-state index in [-0.39, 0.29) is 11.8 Å². The van der Waals surface area contributed by atoms with E-state index >= 15 is 0 Å². The van der Waals surface area contributed by atoms with E-state index in [1.165, 1.54) is 6.08 Å². The number of benzene rings is 1. The van der Waals surface area contributed by atoms with Gasteiger partial charge in [0.15, 0.2) is 0 Å². The molecule has 1 N–H and O–H groups in total. The van der Waals surface area contributed by atoms with Crippen molar-refractivity contribution in [2.45, 2.75) is 39.3 Å². The molecule has 1 fully saturated rings. The zero-order valence-electron chi connectivity index (χ0n) is 13.3. The molecule has 1 aromatic carbocycles. The topological polar surface area (TPSA) is 49.4 Å². The molecule has 0 aromatic heterocycles. The third-order valence-electron chi connectivity index (χ3n) is 3.66. The number of carbonyl (C=O) groups is 2. The van der Waals surface area contributed by atoms with Crippen LogP contribution in [0.1, 0.15) is 42.6 Å². The van der Waals surface area contributed by atoms with Gasteiger partial charge in [0.25, 0.3) is 5.91 Å². The lowest BCUT2D eigenvalue weighted by Crippen LogP contribution is -2.36. The summed E-state index contributed by atoms with van der Waals surface area (Å²) < 4.78 is 0. The van der Waals surface area contributed by atoms with Crippen LogP contribution >= 0.6 is 0 Å². The van der Waals surface area contributed by atoms with Crippen LogP contribution in [0, 0.1) is 5.92 Å². The molecule has 4 heteroatoms. The van der Waals surface area contributed by atoms with Gasteiger partial charge in [0, 0.05) is 24.7 Å². The molecule has 0 atom stereocenters. The van der Waals surface area contributed by atoms with E-state index in [9.17, 15) is 9.59 Å². The molecule has 1 aromatic rings. The molecule has 2 rings (SSSR count). The molecule has 0 bridgehead atoms. The summed E-state index contributed by atoms with van der Waals surface area (Å²) in [7, 11) is 0. The van der Waals surface area contributed by atoms with Gasteiger partial charge in [-0.15, -0.1) is 0 Å². The van der Waals surface area contributed by atoms with E-state index in [0.717, 1.165) is 24.9 Å². The predicted octanol–water partition coefficient (Wildman–Crippen LogP) is 2.75. The average molecular weight is 300 g/mol. The maximum atomic E-state index is 12.6. The van der Waals surface area contributed by atoms with Crippen LogP contribution in [0.5, 0.6) is 0 Å². The van der Waals surface area contributed by atoms with Gasteiger partial charge >= 0.3 is 0 Å². The van der Waals surface area contributed by atoms with Crippen molar-refractivity contribution in [2.24, 2.45) is 5.92 Å². The van der Waals surface area contributed by atoms with Gasteiger partial charge in [0.05, 0.1) is 0 Å². The molecule has 4 nitrogen and oxygen atoms in total. The number of carbonyl (C=O) groups excluding carboxylic acids is 2. The largest absolute Gasteiger partial charge is 0.348 e. The Balaban J connectivity index is 2.00. The summed E-state index contributed by atoms with van der Waals surface area (Å²) >= 11 is 0. The number of nitrogens with zero attached hydrogens (tertiary/aromatic N) is 1.